The fourth-order valence-corrected chi connectivity index (χ4v) is 6.59. The van der Waals surface area contributed by atoms with Crippen molar-refractivity contribution in [1.29, 1.82) is 0 Å². The lowest BCUT2D eigenvalue weighted by atomic mass is 9.85. The van der Waals surface area contributed by atoms with Crippen LogP contribution in [0, 0.1) is 0 Å². The lowest BCUT2D eigenvalue weighted by Crippen LogP contribution is -2.13. The second-order valence-corrected chi connectivity index (χ2v) is 11.1. The minimum Gasteiger partial charge on any atom is -0.457 e. The van der Waals surface area contributed by atoms with E-state index in [0.29, 0.717) is 5.76 Å². The van der Waals surface area contributed by atoms with Crippen LogP contribution in [0.1, 0.15) is 16.7 Å². The third-order valence-electron chi connectivity index (χ3n) is 8.57. The van der Waals surface area contributed by atoms with Gasteiger partial charge in [0.15, 0.2) is 5.58 Å². The molecule has 3 heterocycles. The number of rotatable bonds is 3. The van der Waals surface area contributed by atoms with Gasteiger partial charge < -0.3 is 18.8 Å². The summed E-state index contributed by atoms with van der Waals surface area (Å²) in [4.78, 5) is 2.21. The second-order valence-electron chi connectivity index (χ2n) is 11.1. The zero-order valence-electron chi connectivity index (χ0n) is 23.7. The molecule has 0 radical (unpaired) electrons. The third-order valence-corrected chi connectivity index (χ3v) is 8.57. The fraction of sp³-hybridized carbons (Fsp3) is 0. The van der Waals surface area contributed by atoms with Gasteiger partial charge in [-0.05, 0) is 65.7 Å². The van der Waals surface area contributed by atoms with Gasteiger partial charge in [0, 0.05) is 44.8 Å². The summed E-state index contributed by atoms with van der Waals surface area (Å²) in [5.41, 5.74) is 10.3. The molecule has 9 rings (SSSR count). The van der Waals surface area contributed by atoms with Gasteiger partial charge in [0.05, 0.1) is 11.4 Å². The zero-order chi connectivity index (χ0) is 29.4. The summed E-state index contributed by atoms with van der Waals surface area (Å²) in [6.07, 6.45) is 0. The molecule has 0 atom stereocenters. The van der Waals surface area contributed by atoms with E-state index < -0.39 is 0 Å². The van der Waals surface area contributed by atoms with Crippen LogP contribution >= 0.6 is 0 Å². The van der Waals surface area contributed by atoms with Crippen molar-refractivity contribution in [2.24, 2.45) is 0 Å². The Balaban J connectivity index is 1.21. The minimum absolute atomic E-state index is 0.566. The lowest BCUT2D eigenvalue weighted by molar-refractivity contribution is 0.471. The lowest BCUT2D eigenvalue weighted by Gasteiger charge is -2.31. The Bertz CT molecular complexity index is 2330. The van der Waals surface area contributed by atoms with Gasteiger partial charge in [-0.3, -0.25) is 0 Å². The highest BCUT2D eigenvalue weighted by molar-refractivity contribution is 6.10. The highest BCUT2D eigenvalue weighted by atomic mass is 16.5. The molecular weight excluding hydrogens is 542 g/mol. The maximum atomic E-state index is 6.52. The Morgan fingerprint density at radius 3 is 2.18 bits per heavy atom. The van der Waals surface area contributed by atoms with Gasteiger partial charge in [0.25, 0.3) is 0 Å². The summed E-state index contributed by atoms with van der Waals surface area (Å²) in [5.74, 6) is 2.86. The van der Waals surface area contributed by atoms with E-state index in [1.807, 2.05) is 66.7 Å². The molecule has 0 amide bonds. The van der Waals surface area contributed by atoms with Crippen molar-refractivity contribution in [3.05, 3.63) is 157 Å². The highest BCUT2D eigenvalue weighted by Crippen LogP contribution is 2.53. The number of furan rings is 1. The molecule has 0 aliphatic carbocycles. The smallest absolute Gasteiger partial charge is 0.159 e. The molecule has 0 saturated carbocycles. The summed E-state index contributed by atoms with van der Waals surface area (Å²) < 4.78 is 19.3. The molecule has 7 aromatic rings. The van der Waals surface area contributed by atoms with Gasteiger partial charge in [-0.25, -0.2) is 0 Å². The van der Waals surface area contributed by atoms with Crippen LogP contribution in [-0.2, 0) is 0 Å². The van der Waals surface area contributed by atoms with Crippen molar-refractivity contribution in [1.82, 2.24) is 0 Å². The Morgan fingerprint density at radius 2 is 1.27 bits per heavy atom. The molecular formula is C40H25NO3. The van der Waals surface area contributed by atoms with Crippen LogP contribution < -0.4 is 14.4 Å². The van der Waals surface area contributed by atoms with Crippen LogP contribution in [0.25, 0.3) is 44.4 Å². The predicted octanol–water partition coefficient (Wildman–Crippen LogP) is 11.3. The van der Waals surface area contributed by atoms with Crippen molar-refractivity contribution >= 4 is 50.3 Å². The monoisotopic (exact) mass is 567 g/mol. The highest BCUT2D eigenvalue weighted by Gasteiger charge is 2.31. The Labute approximate surface area is 254 Å². The van der Waals surface area contributed by atoms with E-state index in [-0.39, 0.29) is 0 Å². The number of hydrogen-bond acceptors (Lipinski definition) is 4. The molecule has 0 unspecified atom stereocenters. The average Bonchev–Trinajstić information content (AvgIpc) is 3.45. The maximum absolute atomic E-state index is 6.52. The molecule has 0 spiro atoms. The molecule has 6 aromatic carbocycles. The molecule has 0 bridgehead atoms. The van der Waals surface area contributed by atoms with E-state index >= 15 is 0 Å². The third kappa shape index (κ3) is 3.52. The van der Waals surface area contributed by atoms with Crippen LogP contribution in [0.5, 0.6) is 17.2 Å². The fourth-order valence-electron chi connectivity index (χ4n) is 6.59. The van der Waals surface area contributed by atoms with E-state index in [1.165, 1.54) is 0 Å². The van der Waals surface area contributed by atoms with Gasteiger partial charge in [-0.15, -0.1) is 0 Å². The van der Waals surface area contributed by atoms with Crippen LogP contribution in [0.3, 0.4) is 0 Å². The van der Waals surface area contributed by atoms with Gasteiger partial charge >= 0.3 is 0 Å². The van der Waals surface area contributed by atoms with Crippen molar-refractivity contribution in [2.75, 3.05) is 4.90 Å². The molecule has 4 heteroatoms. The predicted molar refractivity (Wildman–Crippen MR) is 178 cm³/mol. The molecule has 2 aliphatic rings. The van der Waals surface area contributed by atoms with Crippen molar-refractivity contribution < 1.29 is 13.9 Å². The first kappa shape index (κ1) is 24.6. The summed E-state index contributed by atoms with van der Waals surface area (Å²) in [7, 11) is 0. The minimum atomic E-state index is 0.566. The first-order chi connectivity index (χ1) is 21.7. The molecule has 0 N–H and O–H groups in total. The SMILES string of the molecule is C=C1c2ccccc2Oc2ccc3c(c21)C(=C)Oc1cc(N(c2ccccc2)c2cccc4c2oc2ccccc24)ccc1-3. The summed E-state index contributed by atoms with van der Waals surface area (Å²) >= 11 is 0. The van der Waals surface area contributed by atoms with Crippen LogP contribution in [0.2, 0.25) is 0 Å². The normalized spacial score (nSPS) is 13.0. The average molecular weight is 568 g/mol. The van der Waals surface area contributed by atoms with Gasteiger partial charge in [0.1, 0.15) is 28.6 Å². The summed E-state index contributed by atoms with van der Waals surface area (Å²) in [6, 6.07) is 43.2. The number of para-hydroxylation sites is 4. The zero-order valence-corrected chi connectivity index (χ0v) is 23.7. The number of hydrogen-bond donors (Lipinski definition) is 0. The quantitative estimate of drug-likeness (QED) is 0.213. The largest absolute Gasteiger partial charge is 0.457 e. The van der Waals surface area contributed by atoms with E-state index in [0.717, 1.165) is 89.6 Å². The number of ether oxygens (including phenoxy) is 2. The van der Waals surface area contributed by atoms with E-state index in [1.54, 1.807) is 0 Å². The van der Waals surface area contributed by atoms with Gasteiger partial charge in [0.2, 0.25) is 0 Å². The van der Waals surface area contributed by atoms with Crippen LogP contribution in [-0.4, -0.2) is 0 Å². The number of benzene rings is 6. The van der Waals surface area contributed by atoms with Crippen molar-refractivity contribution in [2.45, 2.75) is 0 Å². The Hall–Kier alpha value is -6.00. The maximum Gasteiger partial charge on any atom is 0.159 e. The standard InChI is InChI=1S/C40H25NO3/c1-24-28-13-6-8-17-34(28)43-36-22-21-31-30-20-19-27(23-37(30)42-25(2)39(31)38(24)36)41(26-11-4-3-5-12-26)33-16-10-15-32-29-14-7-9-18-35(29)44-40(32)33/h3-23H,1-2H2. The van der Waals surface area contributed by atoms with Gasteiger partial charge in [-0.1, -0.05) is 79.9 Å². The number of fused-ring (bicyclic) bond motifs is 9. The second kappa shape index (κ2) is 9.25. The van der Waals surface area contributed by atoms with Crippen LogP contribution in [0.4, 0.5) is 17.1 Å². The van der Waals surface area contributed by atoms with Crippen molar-refractivity contribution in [3.8, 4) is 28.4 Å². The van der Waals surface area contributed by atoms with Crippen molar-refractivity contribution in [3.63, 3.8) is 0 Å². The van der Waals surface area contributed by atoms with Gasteiger partial charge in [-0.2, -0.15) is 0 Å². The van der Waals surface area contributed by atoms with Crippen LogP contribution in [0.15, 0.2) is 145 Å². The molecule has 0 fully saturated rings. The van der Waals surface area contributed by atoms with E-state index in [9.17, 15) is 0 Å². The molecule has 0 saturated heterocycles. The Morgan fingerprint density at radius 1 is 0.500 bits per heavy atom. The molecule has 1 aromatic heterocycles. The first-order valence-corrected chi connectivity index (χ1v) is 14.6. The number of anilines is 3. The first-order valence-electron chi connectivity index (χ1n) is 14.6. The molecule has 4 nitrogen and oxygen atoms in total. The van der Waals surface area contributed by atoms with E-state index in [2.05, 4.69) is 78.7 Å². The topological polar surface area (TPSA) is 34.8 Å². The van der Waals surface area contributed by atoms with E-state index in [4.69, 9.17) is 13.9 Å². The molecule has 208 valence electrons. The Kier molecular flexibility index (Phi) is 5.17. The number of nitrogens with zero attached hydrogens (tertiary/aromatic N) is 1. The summed E-state index contributed by atoms with van der Waals surface area (Å²) in [6.45, 7) is 8.81. The molecule has 44 heavy (non-hydrogen) atoms. The summed E-state index contributed by atoms with van der Waals surface area (Å²) in [5, 5.41) is 2.17. The molecule has 2 aliphatic heterocycles.